The van der Waals surface area contributed by atoms with E-state index in [9.17, 15) is 0 Å². The lowest BCUT2D eigenvalue weighted by molar-refractivity contribution is 0.483. The summed E-state index contributed by atoms with van der Waals surface area (Å²) in [4.78, 5) is 0. The highest BCUT2D eigenvalue weighted by Gasteiger charge is 2.06. The summed E-state index contributed by atoms with van der Waals surface area (Å²) in [5.74, 6) is 20.5. The molecule has 0 rings (SSSR count). The van der Waals surface area contributed by atoms with Crippen molar-refractivity contribution in [2.45, 2.75) is 0 Å². The molecular weight excluding hydrogens is 236 g/mol. The Bertz CT molecular complexity index is 158. The van der Waals surface area contributed by atoms with Gasteiger partial charge >= 0.3 is 0 Å². The fourth-order valence-corrected chi connectivity index (χ4v) is 2.03. The second kappa shape index (κ2) is 5.88. The third-order valence-corrected chi connectivity index (χ3v) is 4.15. The Kier molecular flexibility index (Phi) is 6.04. The van der Waals surface area contributed by atoms with E-state index in [0.29, 0.717) is 0 Å². The predicted molar refractivity (Wildman–Crippen MR) is 60.8 cm³/mol. The van der Waals surface area contributed by atoms with Crippen LogP contribution in [0.5, 0.6) is 0 Å². The van der Waals surface area contributed by atoms with Gasteiger partial charge in [-0.15, -0.1) is 0 Å². The Morgan fingerprint density at radius 1 is 0.833 bits per heavy atom. The first kappa shape index (κ1) is 12.3. The lowest BCUT2D eigenvalue weighted by atomic mass is 11.4. The van der Waals surface area contributed by atoms with Gasteiger partial charge < -0.3 is 0 Å². The van der Waals surface area contributed by atoms with E-state index in [1.54, 1.807) is 0 Å². The molecule has 70 valence electrons. The summed E-state index contributed by atoms with van der Waals surface area (Å²) in [5.41, 5.74) is 0. The van der Waals surface area contributed by atoms with E-state index in [0.717, 1.165) is 31.8 Å². The molecule has 0 saturated heterocycles. The molecule has 0 spiro atoms. The quantitative estimate of drug-likeness (QED) is 0.184. The zero-order valence-corrected chi connectivity index (χ0v) is 9.10. The van der Waals surface area contributed by atoms with Crippen molar-refractivity contribution in [3.8, 4) is 0 Å². The van der Waals surface area contributed by atoms with Crippen LogP contribution in [0.3, 0.4) is 0 Å². The molecule has 0 aliphatic heterocycles. The molecule has 0 radical (unpaired) electrons. The van der Waals surface area contributed by atoms with Crippen molar-refractivity contribution < 1.29 is 0 Å². The van der Waals surface area contributed by atoms with Crippen LogP contribution in [0.4, 0.5) is 0 Å². The van der Waals surface area contributed by atoms with Crippen LogP contribution in [0, 0.1) is 0 Å². The Balaban J connectivity index is 3.69. The molecule has 0 aliphatic carbocycles. The number of hydrazine groups is 4. The minimum Gasteiger partial charge on any atom is -0.232 e. The molecule has 6 nitrogen and oxygen atoms in total. The molecule has 0 saturated carbocycles. The van der Waals surface area contributed by atoms with E-state index in [1.807, 2.05) is 0 Å². The smallest absolute Gasteiger partial charge is 0.177 e. The van der Waals surface area contributed by atoms with Gasteiger partial charge in [0.2, 0.25) is 0 Å². The van der Waals surface area contributed by atoms with Crippen molar-refractivity contribution in [2.24, 2.45) is 23.4 Å². The summed E-state index contributed by atoms with van der Waals surface area (Å²) in [5, 5.41) is 1.62. The van der Waals surface area contributed by atoms with Crippen LogP contribution in [0.15, 0.2) is 0 Å². The average molecular weight is 244 g/mol. The summed E-state index contributed by atoms with van der Waals surface area (Å²) >= 11 is 9.48. The van der Waals surface area contributed by atoms with Crippen molar-refractivity contribution in [3.05, 3.63) is 0 Å². The average Bonchev–Trinajstić information content (AvgIpc) is 1.98. The monoisotopic (exact) mass is 244 g/mol. The van der Waals surface area contributed by atoms with Crippen LogP contribution >= 0.6 is 46.0 Å². The van der Waals surface area contributed by atoms with Crippen molar-refractivity contribution in [3.63, 3.8) is 0 Å². The highest BCUT2D eigenvalue weighted by molar-refractivity contribution is 8.89. The topological polar surface area (TPSA) is 111 Å². The number of hydrogen-bond donors (Lipinski definition) is 4. The maximum absolute atomic E-state index is 5.11. The second-order valence-corrected chi connectivity index (χ2v) is 4.91. The second-order valence-electron chi connectivity index (χ2n) is 1.51. The van der Waals surface area contributed by atoms with Crippen LogP contribution in [-0.2, 0) is 0 Å². The molecule has 0 bridgehead atoms. The Morgan fingerprint density at radius 3 is 1.25 bits per heavy atom. The molecule has 0 aliphatic rings. The first-order valence-electron chi connectivity index (χ1n) is 2.46. The maximum Gasteiger partial charge on any atom is 0.177 e. The van der Waals surface area contributed by atoms with E-state index in [1.165, 1.54) is 0 Å². The molecule has 0 aromatic carbocycles. The van der Waals surface area contributed by atoms with Crippen LogP contribution in [-0.4, -0.2) is 18.9 Å². The minimum atomic E-state index is 0.282. The Morgan fingerprint density at radius 2 is 1.08 bits per heavy atom. The number of nitrogens with two attached hydrogens (primary N) is 4. The Labute approximate surface area is 88.2 Å². The third-order valence-electron chi connectivity index (χ3n) is 0.606. The molecule has 0 atom stereocenters. The normalized spacial score (nSPS) is 9.33. The molecule has 10 heteroatoms. The summed E-state index contributed by atoms with van der Waals surface area (Å²) in [6, 6.07) is 0. The van der Waals surface area contributed by atoms with Crippen LogP contribution in [0.2, 0.25) is 0 Å². The number of rotatable bonds is 0. The van der Waals surface area contributed by atoms with Crippen molar-refractivity contribution in [1.82, 2.24) is 10.2 Å². The summed E-state index contributed by atoms with van der Waals surface area (Å²) in [6.45, 7) is 0. The molecule has 0 amide bonds. The molecule has 0 heterocycles. The van der Waals surface area contributed by atoms with Gasteiger partial charge in [-0.1, -0.05) is 0 Å². The fourth-order valence-electron chi connectivity index (χ4n) is 0.157. The van der Waals surface area contributed by atoms with E-state index >= 15 is 0 Å². The lowest BCUT2D eigenvalue weighted by Crippen LogP contribution is -2.42. The highest BCUT2D eigenvalue weighted by atomic mass is 33.1. The van der Waals surface area contributed by atoms with Crippen LogP contribution in [0.25, 0.3) is 0 Å². The third kappa shape index (κ3) is 5.05. The summed E-state index contributed by atoms with van der Waals surface area (Å²) < 4.78 is 0.563. The van der Waals surface area contributed by atoms with Gasteiger partial charge in [0.05, 0.1) is 0 Å². The number of nitrogens with zero attached hydrogens (tertiary/aromatic N) is 2. The summed E-state index contributed by atoms with van der Waals surface area (Å²) in [6.07, 6.45) is 0. The van der Waals surface area contributed by atoms with Gasteiger partial charge in [-0.2, -0.15) is 0 Å². The van der Waals surface area contributed by atoms with Gasteiger partial charge in [0.25, 0.3) is 0 Å². The van der Waals surface area contributed by atoms with Crippen molar-refractivity contribution >= 4 is 54.7 Å². The molecule has 0 unspecified atom stereocenters. The van der Waals surface area contributed by atoms with Gasteiger partial charge in [0, 0.05) is 0 Å². The standard InChI is InChI=1S/C2H8N6S4/c3-7(4)1(9)11-12-2(10)8(5)6/h3-6H2. The highest BCUT2D eigenvalue weighted by Crippen LogP contribution is 2.24. The molecule has 0 aromatic heterocycles. The fraction of sp³-hybridized carbons (Fsp3) is 0. The zero-order valence-electron chi connectivity index (χ0n) is 5.84. The molecule has 12 heavy (non-hydrogen) atoms. The lowest BCUT2D eigenvalue weighted by Gasteiger charge is -2.13. The summed E-state index contributed by atoms with van der Waals surface area (Å²) in [7, 11) is 2.20. The van der Waals surface area contributed by atoms with E-state index in [-0.39, 0.29) is 8.64 Å². The maximum atomic E-state index is 5.11. The van der Waals surface area contributed by atoms with E-state index in [4.69, 9.17) is 47.8 Å². The van der Waals surface area contributed by atoms with Gasteiger partial charge in [-0.05, 0) is 46.0 Å². The molecule has 0 aromatic rings. The first-order chi connectivity index (χ1) is 5.45. The zero-order chi connectivity index (χ0) is 9.72. The largest absolute Gasteiger partial charge is 0.232 e. The molecular formula is C2H8N6S4. The van der Waals surface area contributed by atoms with Crippen molar-refractivity contribution in [2.75, 3.05) is 0 Å². The predicted octanol–water partition coefficient (Wildman–Crippen LogP) is -0.964. The van der Waals surface area contributed by atoms with Crippen molar-refractivity contribution in [1.29, 1.82) is 0 Å². The Hall–Kier alpha value is 0.320. The van der Waals surface area contributed by atoms with E-state index in [2.05, 4.69) is 0 Å². The van der Waals surface area contributed by atoms with Crippen LogP contribution in [0.1, 0.15) is 0 Å². The van der Waals surface area contributed by atoms with Gasteiger partial charge in [0.1, 0.15) is 0 Å². The minimum absolute atomic E-state index is 0.282. The molecule has 8 N–H and O–H groups in total. The first-order valence-corrected chi connectivity index (χ1v) is 5.43. The molecule has 0 fully saturated rings. The van der Waals surface area contributed by atoms with Gasteiger partial charge in [0.15, 0.2) is 8.64 Å². The van der Waals surface area contributed by atoms with E-state index < -0.39 is 0 Å². The van der Waals surface area contributed by atoms with Gasteiger partial charge in [-0.25, -0.2) is 33.6 Å². The van der Waals surface area contributed by atoms with Crippen LogP contribution < -0.4 is 23.4 Å². The van der Waals surface area contributed by atoms with Gasteiger partial charge in [-0.3, -0.25) is 0 Å². The SMILES string of the molecule is NN(N)C(=S)SSC(=S)N(N)N. The number of thiocarbonyl (C=S) groups is 2. The number of hydrogen-bond acceptors (Lipinski definition) is 8.